The number of hydrogen-bond acceptors (Lipinski definition) is 4. The molecule has 2 heterocycles. The lowest BCUT2D eigenvalue weighted by molar-refractivity contribution is 0.598. The summed E-state index contributed by atoms with van der Waals surface area (Å²) in [6.45, 7) is 18.2. The van der Waals surface area contributed by atoms with Crippen molar-refractivity contribution in [2.75, 3.05) is 0 Å². The van der Waals surface area contributed by atoms with Crippen LogP contribution in [0.1, 0.15) is 102 Å². The van der Waals surface area contributed by atoms with Gasteiger partial charge in [-0.2, -0.15) is 0 Å². The average molecular weight is 1120 g/mol. The largest absolute Gasteiger partial charge is 0.436 e. The van der Waals surface area contributed by atoms with E-state index in [-0.39, 0.29) is 0 Å². The second-order valence-corrected chi connectivity index (χ2v) is 24.4. The van der Waals surface area contributed by atoms with Crippen molar-refractivity contribution in [1.82, 2.24) is 9.97 Å². The maximum absolute atomic E-state index is 6.55. The van der Waals surface area contributed by atoms with Crippen molar-refractivity contribution in [3.05, 3.63) is 253 Å². The minimum atomic E-state index is 0.485. The Morgan fingerprint density at radius 2 is 0.651 bits per heavy atom. The van der Waals surface area contributed by atoms with Crippen molar-refractivity contribution >= 4 is 65.3 Å². The Morgan fingerprint density at radius 1 is 0.326 bits per heavy atom. The van der Waals surface area contributed by atoms with Gasteiger partial charge >= 0.3 is 0 Å². The summed E-state index contributed by atoms with van der Waals surface area (Å²) in [5.74, 6) is 3.44. The highest BCUT2D eigenvalue weighted by Gasteiger charge is 2.23. The first-order chi connectivity index (χ1) is 42.0. The van der Waals surface area contributed by atoms with Crippen LogP contribution in [0.15, 0.2) is 239 Å². The molecule has 0 spiro atoms. The van der Waals surface area contributed by atoms with E-state index < -0.39 is 0 Å². The van der Waals surface area contributed by atoms with Gasteiger partial charge < -0.3 is 8.83 Å². The highest BCUT2D eigenvalue weighted by molar-refractivity contribution is 6.22. The number of rotatable bonds is 14. The van der Waals surface area contributed by atoms with E-state index >= 15 is 0 Å². The molecule has 0 N–H and O–H groups in total. The minimum Gasteiger partial charge on any atom is -0.436 e. The first kappa shape index (κ1) is 55.8. The maximum Gasteiger partial charge on any atom is 0.227 e. The summed E-state index contributed by atoms with van der Waals surface area (Å²) < 4.78 is 12.9. The monoisotopic (exact) mass is 1120 g/mol. The van der Waals surface area contributed by atoms with E-state index in [4.69, 9.17) is 18.8 Å². The van der Waals surface area contributed by atoms with E-state index in [0.717, 1.165) is 59.0 Å². The fourth-order valence-corrected chi connectivity index (χ4v) is 13.1. The van der Waals surface area contributed by atoms with Crippen LogP contribution in [0.3, 0.4) is 0 Å². The summed E-state index contributed by atoms with van der Waals surface area (Å²) in [5.41, 5.74) is 21.0. The van der Waals surface area contributed by atoms with Crippen LogP contribution < -0.4 is 0 Å². The Bertz CT molecular complexity index is 4530. The van der Waals surface area contributed by atoms with Crippen LogP contribution in [0.5, 0.6) is 0 Å². The predicted molar refractivity (Wildman–Crippen MR) is 365 cm³/mol. The number of nitrogens with zero attached hydrogens (tertiary/aromatic N) is 2. The van der Waals surface area contributed by atoms with Gasteiger partial charge in [-0.15, -0.1) is 0 Å². The topological polar surface area (TPSA) is 52.1 Å². The van der Waals surface area contributed by atoms with Crippen LogP contribution in [0.2, 0.25) is 0 Å². The summed E-state index contributed by atoms with van der Waals surface area (Å²) in [7, 11) is 0. The molecular formula is C82H74N2O2. The zero-order chi connectivity index (χ0) is 59.0. The van der Waals surface area contributed by atoms with Gasteiger partial charge in [0.25, 0.3) is 0 Å². The van der Waals surface area contributed by atoms with Gasteiger partial charge in [0.2, 0.25) is 11.8 Å². The molecule has 424 valence electrons. The van der Waals surface area contributed by atoms with E-state index in [2.05, 4.69) is 286 Å². The van der Waals surface area contributed by atoms with Crippen LogP contribution in [0.25, 0.3) is 133 Å². The van der Waals surface area contributed by atoms with Crippen molar-refractivity contribution in [1.29, 1.82) is 0 Å². The summed E-state index contributed by atoms with van der Waals surface area (Å²) in [6, 6.07) is 83.2. The molecule has 14 rings (SSSR count). The fourth-order valence-electron chi connectivity index (χ4n) is 13.1. The van der Waals surface area contributed by atoms with Crippen molar-refractivity contribution in [2.45, 2.75) is 92.9 Å². The highest BCUT2D eigenvalue weighted by Crippen LogP contribution is 2.46. The molecule has 0 saturated carbocycles. The molecule has 0 aliphatic heterocycles. The second kappa shape index (κ2) is 23.9. The summed E-state index contributed by atoms with van der Waals surface area (Å²) in [4.78, 5) is 10.1. The molecule has 0 aliphatic rings. The van der Waals surface area contributed by atoms with Crippen LogP contribution >= 0.6 is 0 Å². The summed E-state index contributed by atoms with van der Waals surface area (Å²) in [5, 5.41) is 10.1. The fraction of sp³-hybridized carbons (Fsp3) is 0.195. The Morgan fingerprint density at radius 3 is 1.03 bits per heavy atom. The van der Waals surface area contributed by atoms with E-state index in [1.165, 1.54) is 110 Å². The Hall–Kier alpha value is -9.38. The van der Waals surface area contributed by atoms with Gasteiger partial charge in [0.15, 0.2) is 11.2 Å². The van der Waals surface area contributed by atoms with E-state index in [1.54, 1.807) is 0 Å². The molecule has 2 unspecified atom stereocenters. The molecule has 4 heteroatoms. The molecule has 0 fully saturated rings. The molecule has 0 aliphatic carbocycles. The third kappa shape index (κ3) is 10.6. The van der Waals surface area contributed by atoms with Crippen LogP contribution in [-0.2, 0) is 12.8 Å². The molecule has 0 bridgehead atoms. The molecule has 2 aromatic heterocycles. The maximum atomic E-state index is 6.55. The zero-order valence-corrected chi connectivity index (χ0v) is 50.8. The first-order valence-corrected chi connectivity index (χ1v) is 31.1. The Balaban J connectivity index is 0.000000160. The number of fused-ring (bicyclic) bond motifs is 6. The quantitative estimate of drug-likeness (QED) is 0.102. The SMILES string of the molecule is CC(C)Cc1ccc(CC(C)C)c2oc(-c3ccc(-c4c5ccccc5c(-c5ccccc5)c5ccccc45)cc3)nc12.CCC(C)c1cc2nc(-c3ccc(-c4c5ccccc5c(-c5ccccc5)c5ccccc45)cc3)oc2cc1C(C)CC. The Labute approximate surface area is 506 Å². The summed E-state index contributed by atoms with van der Waals surface area (Å²) in [6.07, 6.45) is 4.18. The predicted octanol–water partition coefficient (Wildman–Crippen LogP) is 23.7. The molecule has 0 radical (unpaired) electrons. The standard InChI is InChI=1S/2C41H37NO/c1-26(2)24-31-22-23-32(25-27(3)4)40-39(31)42-41(43-40)30-20-18-29(19-21-30)38-35-16-10-8-14-33(35)37(28-12-6-5-7-13-28)34-15-9-11-17-36(34)38;1-5-26(3)35-24-37-38(25-36(35)27(4)6-2)43-41(42-37)30-22-20-29(21-23-30)40-33-18-12-10-16-31(33)39(28-14-8-7-9-15-28)32-17-11-13-19-34(32)40/h5-23,26-27H,24-25H2,1-4H3;7-27H,5-6H2,1-4H3. The van der Waals surface area contributed by atoms with Crippen molar-refractivity contribution < 1.29 is 8.83 Å². The van der Waals surface area contributed by atoms with Gasteiger partial charge in [-0.1, -0.05) is 250 Å². The van der Waals surface area contributed by atoms with Crippen molar-refractivity contribution in [3.63, 3.8) is 0 Å². The van der Waals surface area contributed by atoms with Gasteiger partial charge in [0.05, 0.1) is 0 Å². The number of oxazole rings is 2. The lowest BCUT2D eigenvalue weighted by atomic mass is 9.86. The van der Waals surface area contributed by atoms with E-state index in [0.29, 0.717) is 35.5 Å². The Kier molecular flexibility index (Phi) is 15.5. The lowest BCUT2D eigenvalue weighted by Crippen LogP contribution is -2.02. The molecular weight excluding hydrogens is 1040 g/mol. The number of aromatic nitrogens is 2. The smallest absolute Gasteiger partial charge is 0.227 e. The van der Waals surface area contributed by atoms with Crippen LogP contribution in [0, 0.1) is 11.8 Å². The molecule has 0 saturated heterocycles. The average Bonchev–Trinajstić information content (AvgIpc) is 1.26. The van der Waals surface area contributed by atoms with Crippen LogP contribution in [0.4, 0.5) is 0 Å². The minimum absolute atomic E-state index is 0.485. The molecule has 86 heavy (non-hydrogen) atoms. The van der Waals surface area contributed by atoms with Gasteiger partial charge in [0, 0.05) is 11.1 Å². The number of hydrogen-bond donors (Lipinski definition) is 0. The molecule has 12 aromatic carbocycles. The third-order valence-electron chi connectivity index (χ3n) is 17.7. The third-order valence-corrected chi connectivity index (χ3v) is 17.7. The van der Waals surface area contributed by atoms with Gasteiger partial charge in [-0.3, -0.25) is 0 Å². The van der Waals surface area contributed by atoms with Gasteiger partial charge in [-0.05, 0) is 196 Å². The molecule has 14 aromatic rings. The second-order valence-electron chi connectivity index (χ2n) is 24.4. The molecule has 4 nitrogen and oxygen atoms in total. The van der Waals surface area contributed by atoms with Crippen LogP contribution in [-0.4, -0.2) is 9.97 Å². The van der Waals surface area contributed by atoms with E-state index in [1.807, 2.05) is 0 Å². The van der Waals surface area contributed by atoms with Gasteiger partial charge in [-0.25, -0.2) is 9.97 Å². The summed E-state index contributed by atoms with van der Waals surface area (Å²) >= 11 is 0. The van der Waals surface area contributed by atoms with Gasteiger partial charge in [0.1, 0.15) is 11.0 Å². The van der Waals surface area contributed by atoms with Crippen molar-refractivity contribution in [2.24, 2.45) is 11.8 Å². The molecule has 2 atom stereocenters. The first-order valence-electron chi connectivity index (χ1n) is 31.1. The highest BCUT2D eigenvalue weighted by atomic mass is 16.4. The van der Waals surface area contributed by atoms with Crippen molar-refractivity contribution in [3.8, 4) is 67.4 Å². The zero-order valence-electron chi connectivity index (χ0n) is 50.8. The van der Waals surface area contributed by atoms with E-state index in [9.17, 15) is 0 Å². The molecule has 0 amide bonds. The lowest BCUT2D eigenvalue weighted by Gasteiger charge is -2.19. The number of benzene rings is 12. The normalized spacial score (nSPS) is 12.5.